The fourth-order valence-corrected chi connectivity index (χ4v) is 4.38. The molecule has 1 atom stereocenters. The second-order valence-corrected chi connectivity index (χ2v) is 8.22. The van der Waals surface area contributed by atoms with Crippen molar-refractivity contribution < 1.29 is 4.79 Å². The quantitative estimate of drug-likeness (QED) is 0.719. The number of nitrogens with one attached hydrogen (secondary N) is 1. The lowest BCUT2D eigenvalue weighted by Crippen LogP contribution is -2.50. The maximum absolute atomic E-state index is 13.1. The highest BCUT2D eigenvalue weighted by Gasteiger charge is 2.34. The molecule has 3 aromatic carbocycles. The molecule has 2 heterocycles. The van der Waals surface area contributed by atoms with Crippen LogP contribution in [-0.4, -0.2) is 16.1 Å². The number of amidine groups is 1. The summed E-state index contributed by atoms with van der Waals surface area (Å²) >= 11 is 1.51. The van der Waals surface area contributed by atoms with Crippen LogP contribution in [0.2, 0.25) is 0 Å². The molecule has 0 radical (unpaired) electrons. The molecule has 1 amide bonds. The van der Waals surface area contributed by atoms with Gasteiger partial charge in [0.05, 0.1) is 5.36 Å². The predicted molar refractivity (Wildman–Crippen MR) is 120 cm³/mol. The van der Waals surface area contributed by atoms with E-state index in [4.69, 9.17) is 10.1 Å². The van der Waals surface area contributed by atoms with E-state index in [1.807, 2.05) is 54.6 Å². The Balaban J connectivity index is 1.57. The highest BCUT2D eigenvalue weighted by molar-refractivity contribution is 8.13. The SMILES string of the molecule is Cc1ccc([C@@H]2N=c3ccccc3=C3C(=O)NC(SCc4ccccc4)=NN32)cc1. The van der Waals surface area contributed by atoms with Gasteiger partial charge in [-0.25, -0.2) is 5.01 Å². The standard InChI is InChI=1S/C24H20N4OS/c1-16-11-13-18(14-12-16)22-25-20-10-6-5-9-19(20)21-23(29)26-24(27-28(21)22)30-15-17-7-3-2-4-8-17/h2-14,22H,15H2,1H3,(H,26,27,29)/t22-/m1/s1. The topological polar surface area (TPSA) is 57.1 Å². The maximum atomic E-state index is 13.1. The number of fused-ring (bicyclic) bond motifs is 2. The number of carbonyl (C=O) groups is 1. The maximum Gasteiger partial charge on any atom is 0.276 e. The normalized spacial score (nSPS) is 17.4. The minimum atomic E-state index is -0.381. The van der Waals surface area contributed by atoms with E-state index in [1.54, 1.807) is 5.01 Å². The number of rotatable bonds is 3. The number of carbonyl (C=O) groups excluding carboxylic acids is 1. The molecule has 1 N–H and O–H groups in total. The number of thioether (sulfide) groups is 1. The molecule has 0 unspecified atom stereocenters. The highest BCUT2D eigenvalue weighted by Crippen LogP contribution is 2.31. The van der Waals surface area contributed by atoms with Gasteiger partial charge in [-0.1, -0.05) is 90.1 Å². The summed E-state index contributed by atoms with van der Waals surface area (Å²) in [6, 6.07) is 26.1. The Kier molecular flexibility index (Phi) is 4.85. The van der Waals surface area contributed by atoms with Crippen LogP contribution >= 0.6 is 11.8 Å². The Bertz CT molecular complexity index is 1250. The van der Waals surface area contributed by atoms with Crippen LogP contribution in [0.4, 0.5) is 0 Å². The average Bonchev–Trinajstić information content (AvgIpc) is 2.78. The van der Waals surface area contributed by atoms with Crippen molar-refractivity contribution in [3.63, 3.8) is 0 Å². The highest BCUT2D eigenvalue weighted by atomic mass is 32.2. The number of benzene rings is 3. The summed E-state index contributed by atoms with van der Waals surface area (Å²) in [5, 5.41) is 11.7. The lowest BCUT2D eigenvalue weighted by Gasteiger charge is -2.34. The predicted octanol–water partition coefficient (Wildman–Crippen LogP) is 3.07. The Labute approximate surface area is 178 Å². The Hall–Kier alpha value is -3.38. The number of hydrazone groups is 1. The average molecular weight is 413 g/mol. The van der Waals surface area contributed by atoms with Crippen LogP contribution < -0.4 is 15.9 Å². The van der Waals surface area contributed by atoms with Crippen molar-refractivity contribution in [1.82, 2.24) is 10.3 Å². The molecule has 0 fully saturated rings. The van der Waals surface area contributed by atoms with Gasteiger partial charge in [0.1, 0.15) is 5.70 Å². The number of hydrogen-bond acceptors (Lipinski definition) is 5. The first-order valence-corrected chi connectivity index (χ1v) is 10.8. The van der Waals surface area contributed by atoms with Gasteiger partial charge in [0.2, 0.25) is 0 Å². The fraction of sp³-hybridized carbons (Fsp3) is 0.125. The van der Waals surface area contributed by atoms with Crippen LogP contribution in [0, 0.1) is 6.92 Å². The van der Waals surface area contributed by atoms with Gasteiger partial charge in [-0.2, -0.15) is 0 Å². The van der Waals surface area contributed by atoms with Crippen LogP contribution in [0.25, 0.3) is 5.70 Å². The minimum absolute atomic E-state index is 0.153. The monoisotopic (exact) mass is 412 g/mol. The van der Waals surface area contributed by atoms with Gasteiger partial charge in [-0.05, 0) is 24.1 Å². The van der Waals surface area contributed by atoms with Crippen LogP contribution in [0.1, 0.15) is 22.9 Å². The fourth-order valence-electron chi connectivity index (χ4n) is 3.57. The minimum Gasteiger partial charge on any atom is -0.298 e. The molecule has 30 heavy (non-hydrogen) atoms. The smallest absolute Gasteiger partial charge is 0.276 e. The molecule has 0 spiro atoms. The number of hydrogen-bond donors (Lipinski definition) is 1. The molecule has 5 rings (SSSR count). The summed E-state index contributed by atoms with van der Waals surface area (Å²) in [4.78, 5) is 18.0. The van der Waals surface area contributed by atoms with Gasteiger partial charge >= 0.3 is 0 Å². The van der Waals surface area contributed by atoms with Gasteiger partial charge in [0.15, 0.2) is 11.3 Å². The summed E-state index contributed by atoms with van der Waals surface area (Å²) in [6.45, 7) is 2.06. The lowest BCUT2D eigenvalue weighted by molar-refractivity contribution is -0.116. The third kappa shape index (κ3) is 3.50. The number of nitrogens with zero attached hydrogens (tertiary/aromatic N) is 3. The molecule has 0 bridgehead atoms. The van der Waals surface area contributed by atoms with E-state index < -0.39 is 0 Å². The van der Waals surface area contributed by atoms with Gasteiger partial charge in [-0.3, -0.25) is 15.1 Å². The first-order valence-electron chi connectivity index (χ1n) is 9.79. The van der Waals surface area contributed by atoms with Gasteiger partial charge < -0.3 is 0 Å². The van der Waals surface area contributed by atoms with Crippen molar-refractivity contribution in [3.8, 4) is 0 Å². The van der Waals surface area contributed by atoms with Gasteiger partial charge in [0.25, 0.3) is 5.91 Å². The number of para-hydroxylation sites is 1. The van der Waals surface area contributed by atoms with Crippen molar-refractivity contribution in [2.45, 2.75) is 18.8 Å². The molecule has 0 saturated heterocycles. The largest absolute Gasteiger partial charge is 0.298 e. The van der Waals surface area contributed by atoms with E-state index in [1.165, 1.54) is 22.9 Å². The van der Waals surface area contributed by atoms with E-state index in [0.717, 1.165) is 21.9 Å². The summed E-state index contributed by atoms with van der Waals surface area (Å²) in [7, 11) is 0. The first-order chi connectivity index (χ1) is 14.7. The van der Waals surface area contributed by atoms with Gasteiger partial charge in [0, 0.05) is 11.0 Å². The van der Waals surface area contributed by atoms with Gasteiger partial charge in [-0.15, -0.1) is 5.10 Å². The zero-order valence-electron chi connectivity index (χ0n) is 16.4. The molecular formula is C24H20N4OS. The Morgan fingerprint density at radius 2 is 1.70 bits per heavy atom. The van der Waals surface area contributed by atoms with Crippen LogP contribution in [-0.2, 0) is 10.5 Å². The first kappa shape index (κ1) is 18.6. The number of aryl methyl sites for hydroxylation is 1. The Morgan fingerprint density at radius 3 is 2.50 bits per heavy atom. The molecule has 2 aliphatic heterocycles. The van der Waals surface area contributed by atoms with Crippen molar-refractivity contribution >= 4 is 28.5 Å². The van der Waals surface area contributed by atoms with Crippen molar-refractivity contribution in [2.75, 3.05) is 0 Å². The lowest BCUT2D eigenvalue weighted by atomic mass is 10.1. The van der Waals surface area contributed by atoms with Crippen LogP contribution in [0.5, 0.6) is 0 Å². The molecule has 5 nitrogen and oxygen atoms in total. The van der Waals surface area contributed by atoms with E-state index >= 15 is 0 Å². The molecule has 3 aromatic rings. The molecule has 2 aliphatic rings. The van der Waals surface area contributed by atoms with E-state index in [2.05, 4.69) is 36.5 Å². The van der Waals surface area contributed by atoms with Crippen molar-refractivity contribution in [2.24, 2.45) is 10.1 Å². The number of amides is 1. The van der Waals surface area contributed by atoms with E-state index in [-0.39, 0.29) is 12.1 Å². The molecule has 6 heteroatoms. The summed E-state index contributed by atoms with van der Waals surface area (Å²) in [5.74, 6) is 0.575. The molecule has 0 saturated carbocycles. The second-order valence-electron chi connectivity index (χ2n) is 7.26. The van der Waals surface area contributed by atoms with Crippen LogP contribution in [0.3, 0.4) is 0 Å². The zero-order chi connectivity index (χ0) is 20.5. The zero-order valence-corrected chi connectivity index (χ0v) is 17.3. The third-order valence-corrected chi connectivity index (χ3v) is 6.04. The molecule has 0 aromatic heterocycles. The molecular weight excluding hydrogens is 392 g/mol. The van der Waals surface area contributed by atoms with Crippen LogP contribution in [0.15, 0.2) is 89.0 Å². The van der Waals surface area contributed by atoms with Crippen molar-refractivity contribution in [1.29, 1.82) is 0 Å². The summed E-state index contributed by atoms with van der Waals surface area (Å²) in [5.41, 5.74) is 3.89. The summed E-state index contributed by atoms with van der Waals surface area (Å²) in [6.07, 6.45) is -0.381. The van der Waals surface area contributed by atoms with Crippen molar-refractivity contribution in [3.05, 3.63) is 106 Å². The molecule has 0 aliphatic carbocycles. The third-order valence-electron chi connectivity index (χ3n) is 5.11. The molecule has 148 valence electrons. The van der Waals surface area contributed by atoms with E-state index in [9.17, 15) is 4.79 Å². The van der Waals surface area contributed by atoms with E-state index in [0.29, 0.717) is 10.9 Å². The summed E-state index contributed by atoms with van der Waals surface area (Å²) < 4.78 is 0. The second kappa shape index (κ2) is 7.80. The Morgan fingerprint density at radius 1 is 0.967 bits per heavy atom.